The van der Waals surface area contributed by atoms with E-state index < -0.39 is 24.3 Å². The maximum atomic E-state index is 12.6. The number of aliphatic carboxylic acids is 2. The van der Waals surface area contributed by atoms with E-state index in [-0.39, 0.29) is 12.5 Å². The Morgan fingerprint density at radius 2 is 1.51 bits per heavy atom. The van der Waals surface area contributed by atoms with Crippen LogP contribution in [0.3, 0.4) is 0 Å². The molecule has 4 heterocycles. The van der Waals surface area contributed by atoms with Crippen molar-refractivity contribution < 1.29 is 60.2 Å². The van der Waals surface area contributed by atoms with Crippen molar-refractivity contribution in [2.75, 3.05) is 6.54 Å². The van der Waals surface area contributed by atoms with Gasteiger partial charge < -0.3 is 24.4 Å². The Kier molecular flexibility index (Phi) is 10.3. The number of rotatable bonds is 4. The first-order chi connectivity index (χ1) is 18.2. The van der Waals surface area contributed by atoms with Gasteiger partial charge in [-0.1, -0.05) is 5.16 Å². The Labute approximate surface area is 214 Å². The summed E-state index contributed by atoms with van der Waals surface area (Å²) in [6.07, 6.45) is -2.96. The molecule has 1 aliphatic rings. The van der Waals surface area contributed by atoms with Gasteiger partial charge in [0.2, 0.25) is 0 Å². The first-order valence-electron chi connectivity index (χ1n) is 10.5. The molecule has 4 rings (SSSR count). The van der Waals surface area contributed by atoms with E-state index in [1.807, 2.05) is 12.1 Å². The zero-order chi connectivity index (χ0) is 29.2. The van der Waals surface area contributed by atoms with Crippen LogP contribution in [0.1, 0.15) is 27.4 Å². The number of aromatic nitrogens is 3. The Morgan fingerprint density at radius 3 is 2.00 bits per heavy atom. The van der Waals surface area contributed by atoms with Gasteiger partial charge in [0.05, 0.1) is 18.3 Å². The number of halogens is 6. The summed E-state index contributed by atoms with van der Waals surface area (Å²) in [6.45, 7) is 1.33. The lowest BCUT2D eigenvalue weighted by Crippen LogP contribution is -2.36. The fourth-order valence-electron chi connectivity index (χ4n) is 2.81. The third-order valence-corrected chi connectivity index (χ3v) is 4.60. The van der Waals surface area contributed by atoms with E-state index in [2.05, 4.69) is 15.1 Å². The highest BCUT2D eigenvalue weighted by atomic mass is 19.4. The summed E-state index contributed by atoms with van der Waals surface area (Å²) in [5.41, 5.74) is 2.21. The van der Waals surface area contributed by atoms with E-state index in [0.717, 1.165) is 11.3 Å². The fraction of sp³-hybridized carbons (Fsp3) is 0.273. The highest BCUT2D eigenvalue weighted by molar-refractivity contribution is 5.94. The van der Waals surface area contributed by atoms with Crippen LogP contribution in [-0.2, 0) is 29.2 Å². The number of pyridine rings is 2. The molecular formula is C22H18F6N4O7. The Bertz CT molecular complexity index is 1230. The van der Waals surface area contributed by atoms with E-state index in [0.29, 0.717) is 36.5 Å². The second kappa shape index (κ2) is 13.2. The average Bonchev–Trinajstić information content (AvgIpc) is 3.30. The molecule has 1 aliphatic heterocycles. The van der Waals surface area contributed by atoms with E-state index in [4.69, 9.17) is 29.1 Å². The largest absolute Gasteiger partial charge is 0.490 e. The van der Waals surface area contributed by atoms with Crippen molar-refractivity contribution in [3.05, 3.63) is 71.6 Å². The normalized spacial score (nSPS) is 12.6. The van der Waals surface area contributed by atoms with Gasteiger partial charge in [0.15, 0.2) is 0 Å². The molecule has 0 atom stereocenters. The Morgan fingerprint density at radius 1 is 0.949 bits per heavy atom. The van der Waals surface area contributed by atoms with E-state index in [9.17, 15) is 31.1 Å². The third kappa shape index (κ3) is 9.60. The Hall–Kier alpha value is -4.70. The van der Waals surface area contributed by atoms with Crippen LogP contribution >= 0.6 is 0 Å². The molecule has 0 fully saturated rings. The minimum atomic E-state index is -5.08. The summed E-state index contributed by atoms with van der Waals surface area (Å²) >= 11 is 0. The van der Waals surface area contributed by atoms with Crippen LogP contribution in [0, 0.1) is 0 Å². The van der Waals surface area contributed by atoms with E-state index in [1.165, 1.54) is 0 Å². The van der Waals surface area contributed by atoms with Gasteiger partial charge in [0, 0.05) is 37.1 Å². The smallest absolute Gasteiger partial charge is 0.486 e. The number of fused-ring (bicyclic) bond motifs is 1. The quantitative estimate of drug-likeness (QED) is 0.450. The zero-order valence-corrected chi connectivity index (χ0v) is 19.4. The molecule has 0 bridgehead atoms. The second-order valence-corrected chi connectivity index (χ2v) is 7.33. The van der Waals surface area contributed by atoms with Crippen LogP contribution in [0.5, 0.6) is 5.75 Å². The highest BCUT2D eigenvalue weighted by Gasteiger charge is 2.38. The zero-order valence-electron chi connectivity index (χ0n) is 19.4. The Balaban J connectivity index is 0.000000317. The van der Waals surface area contributed by atoms with Gasteiger partial charge in [-0.25, -0.2) is 9.59 Å². The van der Waals surface area contributed by atoms with Crippen LogP contribution in [0.15, 0.2) is 53.6 Å². The summed E-state index contributed by atoms with van der Waals surface area (Å²) in [5, 5.41) is 18.4. The van der Waals surface area contributed by atoms with Crippen LogP contribution in [0.4, 0.5) is 26.3 Å². The molecule has 0 spiro atoms. The molecule has 11 nitrogen and oxygen atoms in total. The van der Waals surface area contributed by atoms with Gasteiger partial charge in [-0.05, 0) is 24.3 Å². The number of hydrogen-bond acceptors (Lipinski definition) is 8. The first-order valence-corrected chi connectivity index (χ1v) is 10.5. The van der Waals surface area contributed by atoms with Gasteiger partial charge in [-0.15, -0.1) is 0 Å². The minimum absolute atomic E-state index is 0.0425. The number of hydrogen-bond donors (Lipinski definition) is 2. The predicted octanol–water partition coefficient (Wildman–Crippen LogP) is 3.51. The molecule has 0 radical (unpaired) electrons. The van der Waals surface area contributed by atoms with Crippen molar-refractivity contribution in [3.63, 3.8) is 0 Å². The maximum Gasteiger partial charge on any atom is 0.490 e. The molecule has 39 heavy (non-hydrogen) atoms. The molecule has 1 amide bonds. The molecule has 2 N–H and O–H groups in total. The lowest BCUT2D eigenvalue weighted by molar-refractivity contribution is -0.193. The molecule has 210 valence electrons. The van der Waals surface area contributed by atoms with Gasteiger partial charge in [0.25, 0.3) is 5.91 Å². The number of carbonyl (C=O) groups is 3. The van der Waals surface area contributed by atoms with E-state index >= 15 is 0 Å². The summed E-state index contributed by atoms with van der Waals surface area (Å²) in [5.74, 6) is -4.07. The summed E-state index contributed by atoms with van der Waals surface area (Å²) < 4.78 is 74.6. The van der Waals surface area contributed by atoms with Crippen molar-refractivity contribution in [1.82, 2.24) is 20.0 Å². The fourth-order valence-corrected chi connectivity index (χ4v) is 2.81. The van der Waals surface area contributed by atoms with Crippen LogP contribution in [0.25, 0.3) is 0 Å². The molecule has 0 saturated carbocycles. The lowest BCUT2D eigenvalue weighted by atomic mass is 10.1. The maximum absolute atomic E-state index is 12.6. The summed E-state index contributed by atoms with van der Waals surface area (Å²) in [6, 6.07) is 7.17. The van der Waals surface area contributed by atoms with Crippen LogP contribution < -0.4 is 4.74 Å². The summed E-state index contributed by atoms with van der Waals surface area (Å²) in [7, 11) is 0. The van der Waals surface area contributed by atoms with Crippen molar-refractivity contribution in [2.45, 2.75) is 31.9 Å². The number of carboxylic acids is 2. The number of alkyl halides is 6. The molecule has 0 saturated heterocycles. The third-order valence-electron chi connectivity index (χ3n) is 4.60. The molecular weight excluding hydrogens is 546 g/mol. The van der Waals surface area contributed by atoms with Gasteiger partial charge in [-0.2, -0.15) is 26.3 Å². The van der Waals surface area contributed by atoms with Crippen molar-refractivity contribution >= 4 is 17.8 Å². The molecule has 0 aliphatic carbocycles. The van der Waals surface area contributed by atoms with Crippen molar-refractivity contribution in [2.24, 2.45) is 0 Å². The highest BCUT2D eigenvalue weighted by Crippen LogP contribution is 2.24. The lowest BCUT2D eigenvalue weighted by Gasteiger charge is -2.26. The molecule has 0 aromatic carbocycles. The molecule has 17 heteroatoms. The monoisotopic (exact) mass is 564 g/mol. The van der Waals surface area contributed by atoms with Gasteiger partial charge in [0.1, 0.15) is 23.8 Å². The topological polar surface area (TPSA) is 156 Å². The van der Waals surface area contributed by atoms with E-state index in [1.54, 1.807) is 41.8 Å². The van der Waals surface area contributed by atoms with Gasteiger partial charge in [-0.3, -0.25) is 14.8 Å². The van der Waals surface area contributed by atoms with Gasteiger partial charge >= 0.3 is 24.3 Å². The standard InChI is InChI=1S/C18H16N4O3.2C2HF3O2/c23-18(13-3-1-6-19-9-13)22-8-5-17-15(11-22)16(21-25-17)12-24-14-4-2-7-20-10-14;2*3-2(4,5)1(6)7/h1-4,6-7,9-10H,5,8,11-12H2;2*(H,6,7). The number of nitrogens with zero attached hydrogens (tertiary/aromatic N) is 4. The first kappa shape index (κ1) is 30.5. The van der Waals surface area contributed by atoms with Crippen LogP contribution in [0.2, 0.25) is 0 Å². The second-order valence-electron chi connectivity index (χ2n) is 7.33. The summed E-state index contributed by atoms with van der Waals surface area (Å²) in [4.78, 5) is 40.2. The molecule has 3 aromatic heterocycles. The number of ether oxygens (including phenoxy) is 1. The van der Waals surface area contributed by atoms with Crippen molar-refractivity contribution in [1.29, 1.82) is 0 Å². The average molecular weight is 564 g/mol. The molecule has 0 unspecified atom stereocenters. The number of carboxylic acid groups (broad SMARTS) is 2. The number of amides is 1. The molecule has 3 aromatic rings. The van der Waals surface area contributed by atoms with Crippen LogP contribution in [-0.4, -0.2) is 67.0 Å². The number of carbonyl (C=O) groups excluding carboxylic acids is 1. The SMILES string of the molecule is O=C(O)C(F)(F)F.O=C(O)C(F)(F)F.O=C(c1cccnc1)N1CCc2onc(COc3cccnc3)c2C1. The minimum Gasteiger partial charge on any atom is -0.486 e. The predicted molar refractivity (Wildman–Crippen MR) is 115 cm³/mol. The van der Waals surface area contributed by atoms with Crippen molar-refractivity contribution in [3.8, 4) is 5.75 Å².